The maximum Gasteiger partial charge on any atom is 0.339 e. The Morgan fingerprint density at radius 3 is 2.67 bits per heavy atom. The van der Waals surface area contributed by atoms with E-state index >= 15 is 0 Å². The fourth-order valence-electron chi connectivity index (χ4n) is 1.93. The molecule has 0 spiro atoms. The molecule has 0 saturated heterocycles. The second-order valence-electron chi connectivity index (χ2n) is 4.50. The molecule has 110 valence electrons. The number of halogens is 1. The maximum atomic E-state index is 13.8. The molecule has 0 aliphatic heterocycles. The summed E-state index contributed by atoms with van der Waals surface area (Å²) in [4.78, 5) is 11.2. The van der Waals surface area contributed by atoms with Crippen LogP contribution in [-0.4, -0.2) is 18.2 Å². The standard InChI is InChI=1S/C16H15FO4/c1-10-4-3-5-13(16(18)19)15(10)21-9-11-6-7-12(20-2)8-14(11)17/h3-8H,9H2,1-2H3,(H,18,19). The van der Waals surface area contributed by atoms with Crippen molar-refractivity contribution in [1.82, 2.24) is 0 Å². The molecule has 0 bridgehead atoms. The molecule has 2 rings (SSSR count). The molecule has 0 unspecified atom stereocenters. The molecule has 2 aromatic rings. The van der Waals surface area contributed by atoms with Gasteiger partial charge >= 0.3 is 5.97 Å². The van der Waals surface area contributed by atoms with E-state index in [1.807, 2.05) is 0 Å². The minimum Gasteiger partial charge on any atom is -0.497 e. The molecule has 1 N–H and O–H groups in total. The average molecular weight is 290 g/mol. The number of aromatic carboxylic acids is 1. The van der Waals surface area contributed by atoms with Gasteiger partial charge in [0.25, 0.3) is 0 Å². The highest BCUT2D eigenvalue weighted by Gasteiger charge is 2.14. The number of benzene rings is 2. The Labute approximate surface area is 121 Å². The first-order valence-electron chi connectivity index (χ1n) is 6.31. The predicted molar refractivity (Wildman–Crippen MR) is 75.4 cm³/mol. The number of aryl methyl sites for hydroxylation is 1. The lowest BCUT2D eigenvalue weighted by atomic mass is 10.1. The van der Waals surface area contributed by atoms with Crippen LogP contribution in [0.5, 0.6) is 11.5 Å². The van der Waals surface area contributed by atoms with Gasteiger partial charge in [0.2, 0.25) is 0 Å². The second-order valence-corrected chi connectivity index (χ2v) is 4.50. The van der Waals surface area contributed by atoms with Crippen LogP contribution in [-0.2, 0) is 6.61 Å². The van der Waals surface area contributed by atoms with Gasteiger partial charge in [-0.25, -0.2) is 9.18 Å². The van der Waals surface area contributed by atoms with E-state index in [1.54, 1.807) is 31.2 Å². The lowest BCUT2D eigenvalue weighted by Gasteiger charge is -2.12. The number of hydrogen-bond donors (Lipinski definition) is 1. The summed E-state index contributed by atoms with van der Waals surface area (Å²) in [5.74, 6) is -0.873. The van der Waals surface area contributed by atoms with E-state index in [9.17, 15) is 9.18 Å². The first-order valence-corrected chi connectivity index (χ1v) is 6.31. The number of carbonyl (C=O) groups is 1. The molecule has 0 heterocycles. The topological polar surface area (TPSA) is 55.8 Å². The fourth-order valence-corrected chi connectivity index (χ4v) is 1.93. The number of hydrogen-bond acceptors (Lipinski definition) is 3. The Bertz CT molecular complexity index is 667. The Morgan fingerprint density at radius 2 is 2.05 bits per heavy atom. The van der Waals surface area contributed by atoms with Gasteiger partial charge in [-0.3, -0.25) is 0 Å². The number of ether oxygens (including phenoxy) is 2. The van der Waals surface area contributed by atoms with Crippen LogP contribution < -0.4 is 9.47 Å². The smallest absolute Gasteiger partial charge is 0.339 e. The third-order valence-electron chi connectivity index (χ3n) is 3.07. The molecular weight excluding hydrogens is 275 g/mol. The molecule has 0 amide bonds. The lowest BCUT2D eigenvalue weighted by molar-refractivity contribution is 0.0691. The van der Waals surface area contributed by atoms with Gasteiger partial charge in [-0.05, 0) is 30.7 Å². The van der Waals surface area contributed by atoms with Crippen LogP contribution in [0.3, 0.4) is 0 Å². The highest BCUT2D eigenvalue weighted by Crippen LogP contribution is 2.25. The molecule has 0 aliphatic rings. The van der Waals surface area contributed by atoms with Gasteiger partial charge in [0.05, 0.1) is 7.11 Å². The molecule has 5 heteroatoms. The number of para-hydroxylation sites is 1. The number of carboxylic acid groups (broad SMARTS) is 1. The third-order valence-corrected chi connectivity index (χ3v) is 3.07. The second kappa shape index (κ2) is 6.26. The van der Waals surface area contributed by atoms with Crippen molar-refractivity contribution in [3.8, 4) is 11.5 Å². The van der Waals surface area contributed by atoms with E-state index in [0.29, 0.717) is 16.9 Å². The molecule has 0 saturated carbocycles. The van der Waals surface area contributed by atoms with Crippen LogP contribution in [0.25, 0.3) is 0 Å². The van der Waals surface area contributed by atoms with E-state index in [1.165, 1.54) is 19.2 Å². The van der Waals surface area contributed by atoms with Gasteiger partial charge in [-0.1, -0.05) is 12.1 Å². The fraction of sp³-hybridized carbons (Fsp3) is 0.188. The molecular formula is C16H15FO4. The summed E-state index contributed by atoms with van der Waals surface area (Å²) in [5.41, 5.74) is 1.07. The largest absolute Gasteiger partial charge is 0.497 e. The number of rotatable bonds is 5. The van der Waals surface area contributed by atoms with Gasteiger partial charge < -0.3 is 14.6 Å². The highest BCUT2D eigenvalue weighted by atomic mass is 19.1. The van der Waals surface area contributed by atoms with E-state index < -0.39 is 11.8 Å². The summed E-state index contributed by atoms with van der Waals surface area (Å²) in [6.07, 6.45) is 0. The van der Waals surface area contributed by atoms with Gasteiger partial charge in [-0.2, -0.15) is 0 Å². The Balaban J connectivity index is 2.22. The zero-order valence-corrected chi connectivity index (χ0v) is 11.7. The summed E-state index contributed by atoms with van der Waals surface area (Å²) >= 11 is 0. The molecule has 0 aliphatic carbocycles. The Hall–Kier alpha value is -2.56. The summed E-state index contributed by atoms with van der Waals surface area (Å²) in [6, 6.07) is 9.26. The molecule has 0 atom stereocenters. The van der Waals surface area contributed by atoms with Gasteiger partial charge in [0, 0.05) is 11.6 Å². The van der Waals surface area contributed by atoms with Gasteiger partial charge in [-0.15, -0.1) is 0 Å². The monoisotopic (exact) mass is 290 g/mol. The van der Waals surface area contributed by atoms with Crippen molar-refractivity contribution in [2.75, 3.05) is 7.11 Å². The number of methoxy groups -OCH3 is 1. The molecule has 2 aromatic carbocycles. The lowest BCUT2D eigenvalue weighted by Crippen LogP contribution is -2.06. The van der Waals surface area contributed by atoms with Gasteiger partial charge in [0.1, 0.15) is 29.5 Å². The summed E-state index contributed by atoms with van der Waals surface area (Å²) in [6.45, 7) is 1.69. The minimum absolute atomic E-state index is 0.0546. The van der Waals surface area contributed by atoms with Crippen LogP contribution in [0.4, 0.5) is 4.39 Å². The van der Waals surface area contributed by atoms with E-state index in [-0.39, 0.29) is 17.9 Å². The van der Waals surface area contributed by atoms with E-state index in [0.717, 1.165) is 0 Å². The average Bonchev–Trinajstić information content (AvgIpc) is 2.46. The molecule has 0 radical (unpaired) electrons. The minimum atomic E-state index is -1.08. The van der Waals surface area contributed by atoms with Crippen molar-refractivity contribution >= 4 is 5.97 Å². The molecule has 0 aromatic heterocycles. The molecule has 0 fully saturated rings. The summed E-state index contributed by atoms with van der Waals surface area (Å²) in [7, 11) is 1.46. The quantitative estimate of drug-likeness (QED) is 0.916. The molecule has 4 nitrogen and oxygen atoms in total. The Kier molecular flexibility index (Phi) is 4.42. The van der Waals surface area contributed by atoms with Crippen molar-refractivity contribution in [1.29, 1.82) is 0 Å². The first-order chi connectivity index (χ1) is 10.0. The third kappa shape index (κ3) is 3.31. The van der Waals surface area contributed by atoms with Crippen LogP contribution >= 0.6 is 0 Å². The van der Waals surface area contributed by atoms with Crippen molar-refractivity contribution in [2.45, 2.75) is 13.5 Å². The van der Waals surface area contributed by atoms with Crippen LogP contribution in [0.15, 0.2) is 36.4 Å². The van der Waals surface area contributed by atoms with Crippen LogP contribution in [0, 0.1) is 12.7 Å². The van der Waals surface area contributed by atoms with Crippen molar-refractivity contribution in [3.05, 3.63) is 58.9 Å². The highest BCUT2D eigenvalue weighted by molar-refractivity contribution is 5.91. The van der Waals surface area contributed by atoms with Gasteiger partial charge in [0.15, 0.2) is 0 Å². The van der Waals surface area contributed by atoms with Crippen molar-refractivity contribution in [3.63, 3.8) is 0 Å². The SMILES string of the molecule is COc1ccc(COc2c(C)cccc2C(=O)O)c(F)c1. The predicted octanol–water partition coefficient (Wildman–Crippen LogP) is 3.42. The molecule has 21 heavy (non-hydrogen) atoms. The summed E-state index contributed by atoms with van der Waals surface area (Å²) in [5, 5.41) is 9.14. The Morgan fingerprint density at radius 1 is 1.29 bits per heavy atom. The van der Waals surface area contributed by atoms with Crippen molar-refractivity contribution in [2.24, 2.45) is 0 Å². The zero-order valence-electron chi connectivity index (χ0n) is 11.7. The normalized spacial score (nSPS) is 10.2. The van der Waals surface area contributed by atoms with E-state index in [2.05, 4.69) is 0 Å². The van der Waals surface area contributed by atoms with Crippen molar-refractivity contribution < 1.29 is 23.8 Å². The van der Waals surface area contributed by atoms with Crippen LogP contribution in [0.1, 0.15) is 21.5 Å². The van der Waals surface area contributed by atoms with E-state index in [4.69, 9.17) is 14.6 Å². The van der Waals surface area contributed by atoms with Crippen LogP contribution in [0.2, 0.25) is 0 Å². The first kappa shape index (κ1) is 14.8. The zero-order chi connectivity index (χ0) is 15.4. The maximum absolute atomic E-state index is 13.8. The summed E-state index contributed by atoms with van der Waals surface area (Å²) < 4.78 is 24.3. The number of carboxylic acids is 1.